The molecule has 0 N–H and O–H groups in total. The van der Waals surface area contributed by atoms with Crippen LogP contribution in [0, 0.1) is 0 Å². The van der Waals surface area contributed by atoms with Crippen molar-refractivity contribution >= 4 is 6.29 Å². The zero-order valence-corrected chi connectivity index (χ0v) is 11.1. The van der Waals surface area contributed by atoms with E-state index in [-0.39, 0.29) is 6.61 Å². The van der Waals surface area contributed by atoms with E-state index < -0.39 is 0 Å². The molecule has 5 heteroatoms. The topological polar surface area (TPSA) is 65.2 Å². The molecular formula is C16H12N2O3. The molecule has 1 heterocycles. The van der Waals surface area contributed by atoms with E-state index in [1.807, 2.05) is 30.3 Å². The molecule has 3 rings (SSSR count). The van der Waals surface area contributed by atoms with Crippen LogP contribution in [0.15, 0.2) is 59.1 Å². The van der Waals surface area contributed by atoms with Gasteiger partial charge in [0.05, 0.1) is 0 Å². The lowest BCUT2D eigenvalue weighted by Gasteiger charge is -2.02. The average molecular weight is 280 g/mol. The Labute approximate surface area is 121 Å². The Morgan fingerprint density at radius 1 is 1.05 bits per heavy atom. The third-order valence-electron chi connectivity index (χ3n) is 2.87. The van der Waals surface area contributed by atoms with E-state index in [1.165, 1.54) is 0 Å². The molecule has 0 unspecified atom stereocenters. The standard InChI is InChI=1S/C16H12N2O3/c19-10-12-6-8-14(9-7-12)20-11-15-17-16(21-18-15)13-4-2-1-3-5-13/h1-10H,11H2. The van der Waals surface area contributed by atoms with Crippen LogP contribution in [-0.4, -0.2) is 16.4 Å². The minimum Gasteiger partial charge on any atom is -0.485 e. The molecule has 0 amide bonds. The second kappa shape index (κ2) is 6.00. The molecule has 0 aliphatic heterocycles. The van der Waals surface area contributed by atoms with E-state index in [0.717, 1.165) is 11.8 Å². The van der Waals surface area contributed by atoms with Gasteiger partial charge in [0.2, 0.25) is 5.82 Å². The Morgan fingerprint density at radius 2 is 1.81 bits per heavy atom. The van der Waals surface area contributed by atoms with Gasteiger partial charge >= 0.3 is 0 Å². The highest BCUT2D eigenvalue weighted by atomic mass is 16.5. The number of rotatable bonds is 5. The van der Waals surface area contributed by atoms with Crippen LogP contribution < -0.4 is 4.74 Å². The van der Waals surface area contributed by atoms with Crippen LogP contribution in [0.1, 0.15) is 16.2 Å². The number of benzene rings is 2. The van der Waals surface area contributed by atoms with Crippen LogP contribution in [0.25, 0.3) is 11.5 Å². The number of hydrogen-bond acceptors (Lipinski definition) is 5. The smallest absolute Gasteiger partial charge is 0.258 e. The first-order chi connectivity index (χ1) is 10.3. The van der Waals surface area contributed by atoms with Crippen molar-refractivity contribution in [2.24, 2.45) is 0 Å². The molecule has 0 bridgehead atoms. The predicted molar refractivity (Wildman–Crippen MR) is 75.9 cm³/mol. The van der Waals surface area contributed by atoms with Gasteiger partial charge in [-0.3, -0.25) is 4.79 Å². The van der Waals surface area contributed by atoms with Crippen molar-refractivity contribution in [3.05, 3.63) is 66.0 Å². The summed E-state index contributed by atoms with van der Waals surface area (Å²) in [5.41, 5.74) is 1.47. The molecule has 5 nitrogen and oxygen atoms in total. The third kappa shape index (κ3) is 3.14. The van der Waals surface area contributed by atoms with Gasteiger partial charge in [0.25, 0.3) is 5.89 Å². The van der Waals surface area contributed by atoms with Gasteiger partial charge in [0, 0.05) is 11.1 Å². The highest BCUT2D eigenvalue weighted by Crippen LogP contribution is 2.17. The van der Waals surface area contributed by atoms with Gasteiger partial charge in [-0.25, -0.2) is 0 Å². The highest BCUT2D eigenvalue weighted by Gasteiger charge is 2.08. The van der Waals surface area contributed by atoms with Crippen LogP contribution >= 0.6 is 0 Å². The average Bonchev–Trinajstić information content (AvgIpc) is 3.03. The highest BCUT2D eigenvalue weighted by molar-refractivity contribution is 5.74. The number of ether oxygens (including phenoxy) is 1. The number of aldehydes is 1. The first-order valence-electron chi connectivity index (χ1n) is 6.41. The quantitative estimate of drug-likeness (QED) is 0.672. The summed E-state index contributed by atoms with van der Waals surface area (Å²) in [5, 5.41) is 3.87. The van der Waals surface area contributed by atoms with Gasteiger partial charge in [-0.05, 0) is 36.4 Å². The summed E-state index contributed by atoms with van der Waals surface area (Å²) in [6.07, 6.45) is 0.787. The number of carbonyl (C=O) groups excluding carboxylic acids is 1. The lowest BCUT2D eigenvalue weighted by atomic mass is 10.2. The monoisotopic (exact) mass is 280 g/mol. The van der Waals surface area contributed by atoms with Gasteiger partial charge in [0.1, 0.15) is 12.0 Å². The molecule has 0 saturated carbocycles. The molecule has 2 aromatic carbocycles. The minimum absolute atomic E-state index is 0.205. The Morgan fingerprint density at radius 3 is 2.52 bits per heavy atom. The lowest BCUT2D eigenvalue weighted by molar-refractivity contribution is 0.112. The van der Waals surface area contributed by atoms with Crippen LogP contribution in [0.4, 0.5) is 0 Å². The van der Waals surface area contributed by atoms with E-state index >= 15 is 0 Å². The Hall–Kier alpha value is -2.95. The van der Waals surface area contributed by atoms with E-state index in [9.17, 15) is 4.79 Å². The number of aromatic nitrogens is 2. The van der Waals surface area contributed by atoms with E-state index in [4.69, 9.17) is 9.26 Å². The van der Waals surface area contributed by atoms with Crippen molar-refractivity contribution in [2.45, 2.75) is 6.61 Å². The summed E-state index contributed by atoms with van der Waals surface area (Å²) < 4.78 is 10.7. The zero-order chi connectivity index (χ0) is 14.5. The molecule has 0 aliphatic rings. The second-order valence-corrected chi connectivity index (χ2v) is 4.36. The molecule has 1 aromatic heterocycles. The molecular weight excluding hydrogens is 268 g/mol. The number of hydrogen-bond donors (Lipinski definition) is 0. The fourth-order valence-electron chi connectivity index (χ4n) is 1.80. The first-order valence-corrected chi connectivity index (χ1v) is 6.41. The fourth-order valence-corrected chi connectivity index (χ4v) is 1.80. The van der Waals surface area contributed by atoms with Crippen molar-refractivity contribution in [3.63, 3.8) is 0 Å². The number of nitrogens with zero attached hydrogens (tertiary/aromatic N) is 2. The molecule has 0 saturated heterocycles. The first kappa shape index (κ1) is 13.1. The Kier molecular flexibility index (Phi) is 3.73. The number of carbonyl (C=O) groups is 1. The molecule has 0 atom stereocenters. The third-order valence-corrected chi connectivity index (χ3v) is 2.87. The summed E-state index contributed by atoms with van der Waals surface area (Å²) >= 11 is 0. The van der Waals surface area contributed by atoms with Crippen molar-refractivity contribution in [3.8, 4) is 17.2 Å². The predicted octanol–water partition coefficient (Wildman–Crippen LogP) is 3.13. The van der Waals surface area contributed by atoms with Crippen LogP contribution in [0.2, 0.25) is 0 Å². The maximum atomic E-state index is 10.6. The van der Waals surface area contributed by atoms with E-state index in [2.05, 4.69) is 10.1 Å². The largest absolute Gasteiger partial charge is 0.485 e. The van der Waals surface area contributed by atoms with E-state index in [0.29, 0.717) is 23.0 Å². The fraction of sp³-hybridized carbons (Fsp3) is 0.0625. The van der Waals surface area contributed by atoms with Gasteiger partial charge in [-0.1, -0.05) is 23.4 Å². The van der Waals surface area contributed by atoms with Crippen LogP contribution in [0.5, 0.6) is 5.75 Å². The normalized spacial score (nSPS) is 10.3. The lowest BCUT2D eigenvalue weighted by Crippen LogP contribution is -1.97. The zero-order valence-electron chi connectivity index (χ0n) is 11.1. The van der Waals surface area contributed by atoms with Crippen LogP contribution in [-0.2, 0) is 6.61 Å². The molecule has 0 spiro atoms. The molecule has 0 fully saturated rings. The van der Waals surface area contributed by atoms with Crippen molar-refractivity contribution < 1.29 is 14.1 Å². The van der Waals surface area contributed by atoms with Gasteiger partial charge < -0.3 is 9.26 Å². The van der Waals surface area contributed by atoms with Gasteiger partial charge in [0.15, 0.2) is 6.61 Å². The van der Waals surface area contributed by atoms with Crippen molar-refractivity contribution in [2.75, 3.05) is 0 Å². The van der Waals surface area contributed by atoms with Crippen LogP contribution in [0.3, 0.4) is 0 Å². The molecule has 0 radical (unpaired) electrons. The molecule has 104 valence electrons. The maximum absolute atomic E-state index is 10.6. The van der Waals surface area contributed by atoms with Crippen molar-refractivity contribution in [1.29, 1.82) is 0 Å². The minimum atomic E-state index is 0.205. The summed E-state index contributed by atoms with van der Waals surface area (Å²) in [5.74, 6) is 1.57. The second-order valence-electron chi connectivity index (χ2n) is 4.36. The summed E-state index contributed by atoms with van der Waals surface area (Å²) in [6, 6.07) is 16.4. The molecule has 21 heavy (non-hydrogen) atoms. The SMILES string of the molecule is O=Cc1ccc(OCc2noc(-c3ccccc3)n2)cc1. The van der Waals surface area contributed by atoms with Crippen molar-refractivity contribution in [1.82, 2.24) is 10.1 Å². The Bertz CT molecular complexity index is 721. The van der Waals surface area contributed by atoms with E-state index in [1.54, 1.807) is 24.3 Å². The van der Waals surface area contributed by atoms with Gasteiger partial charge in [-0.2, -0.15) is 4.98 Å². The summed E-state index contributed by atoms with van der Waals surface area (Å²) in [7, 11) is 0. The summed E-state index contributed by atoms with van der Waals surface area (Å²) in [4.78, 5) is 14.8. The maximum Gasteiger partial charge on any atom is 0.258 e. The van der Waals surface area contributed by atoms with Gasteiger partial charge in [-0.15, -0.1) is 0 Å². The molecule has 3 aromatic rings. The summed E-state index contributed by atoms with van der Waals surface area (Å²) in [6.45, 7) is 0.205. The Balaban J connectivity index is 1.66. The molecule has 0 aliphatic carbocycles.